The van der Waals surface area contributed by atoms with Gasteiger partial charge < -0.3 is 5.32 Å². The first-order valence-corrected chi connectivity index (χ1v) is 9.26. The summed E-state index contributed by atoms with van der Waals surface area (Å²) in [7, 11) is -1.55. The third-order valence-corrected chi connectivity index (χ3v) is 6.86. The highest BCUT2D eigenvalue weighted by Gasteiger charge is 2.31. The molecule has 0 amide bonds. The molecule has 112 valence electrons. The number of anilines is 1. The first-order valence-electron chi connectivity index (χ1n) is 6.77. The van der Waals surface area contributed by atoms with Crippen molar-refractivity contribution >= 4 is 27.5 Å². The second kappa shape index (κ2) is 5.95. The summed E-state index contributed by atoms with van der Waals surface area (Å²) in [5, 5.41) is 3.42. The van der Waals surface area contributed by atoms with Gasteiger partial charge in [0, 0.05) is 36.8 Å². The SMILES string of the molecule is CNc1cc(C)c(S(=O)(=O)N2CCSC(C)C2)c(C)c1. The Morgan fingerprint density at radius 1 is 1.30 bits per heavy atom. The smallest absolute Gasteiger partial charge is 0.243 e. The molecule has 2 rings (SSSR count). The summed E-state index contributed by atoms with van der Waals surface area (Å²) in [6, 6.07) is 3.78. The third-order valence-electron chi connectivity index (χ3n) is 3.55. The van der Waals surface area contributed by atoms with Crippen LogP contribution in [0.25, 0.3) is 0 Å². The summed E-state index contributed by atoms with van der Waals surface area (Å²) in [6.07, 6.45) is 0. The summed E-state index contributed by atoms with van der Waals surface area (Å²) in [4.78, 5) is 0.468. The van der Waals surface area contributed by atoms with Gasteiger partial charge in [0.1, 0.15) is 0 Å². The third kappa shape index (κ3) is 2.97. The van der Waals surface area contributed by atoms with Gasteiger partial charge >= 0.3 is 0 Å². The molecule has 0 saturated carbocycles. The molecule has 1 unspecified atom stereocenters. The predicted molar refractivity (Wildman–Crippen MR) is 86.1 cm³/mol. The number of nitrogens with one attached hydrogen (secondary N) is 1. The quantitative estimate of drug-likeness (QED) is 0.931. The normalized spacial score (nSPS) is 20.9. The number of thioether (sulfide) groups is 1. The highest BCUT2D eigenvalue weighted by atomic mass is 32.2. The lowest BCUT2D eigenvalue weighted by Gasteiger charge is -2.30. The number of aryl methyl sites for hydroxylation is 2. The number of sulfonamides is 1. The molecule has 0 bridgehead atoms. The molecular weight excluding hydrogens is 292 g/mol. The van der Waals surface area contributed by atoms with E-state index in [4.69, 9.17) is 0 Å². The van der Waals surface area contributed by atoms with E-state index in [9.17, 15) is 8.42 Å². The van der Waals surface area contributed by atoms with Crippen molar-refractivity contribution in [1.82, 2.24) is 4.31 Å². The highest BCUT2D eigenvalue weighted by Crippen LogP contribution is 2.30. The van der Waals surface area contributed by atoms with Gasteiger partial charge in [0.15, 0.2) is 0 Å². The summed E-state index contributed by atoms with van der Waals surface area (Å²) < 4.78 is 27.4. The molecule has 1 aromatic rings. The Balaban J connectivity index is 2.44. The van der Waals surface area contributed by atoms with Crippen molar-refractivity contribution in [2.75, 3.05) is 31.2 Å². The van der Waals surface area contributed by atoms with Gasteiger partial charge in [-0.1, -0.05) is 6.92 Å². The van der Waals surface area contributed by atoms with Crippen molar-refractivity contribution in [3.05, 3.63) is 23.3 Å². The number of hydrogen-bond acceptors (Lipinski definition) is 4. The topological polar surface area (TPSA) is 49.4 Å². The van der Waals surface area contributed by atoms with Crippen LogP contribution in [-0.2, 0) is 10.0 Å². The molecule has 1 aliphatic rings. The lowest BCUT2D eigenvalue weighted by atomic mass is 10.1. The standard InChI is InChI=1S/C14H22N2O2S2/c1-10-7-13(15-4)8-11(2)14(10)20(17,18)16-5-6-19-12(3)9-16/h7-8,12,15H,5-6,9H2,1-4H3. The fraction of sp³-hybridized carbons (Fsp3) is 0.571. The minimum absolute atomic E-state index is 0.357. The lowest BCUT2D eigenvalue weighted by molar-refractivity contribution is 0.423. The minimum Gasteiger partial charge on any atom is -0.388 e. The van der Waals surface area contributed by atoms with Crippen molar-refractivity contribution in [2.24, 2.45) is 0 Å². The Hall–Kier alpha value is -0.720. The summed E-state index contributed by atoms with van der Waals surface area (Å²) >= 11 is 1.83. The maximum Gasteiger partial charge on any atom is 0.243 e. The fourth-order valence-electron chi connectivity index (χ4n) is 2.64. The van der Waals surface area contributed by atoms with Gasteiger partial charge in [0.05, 0.1) is 4.90 Å². The molecule has 0 spiro atoms. The van der Waals surface area contributed by atoms with Gasteiger partial charge in [0.2, 0.25) is 10.0 Å². The molecule has 20 heavy (non-hydrogen) atoms. The van der Waals surface area contributed by atoms with Crippen LogP contribution in [0.4, 0.5) is 5.69 Å². The largest absolute Gasteiger partial charge is 0.388 e. The maximum atomic E-state index is 12.9. The molecule has 1 N–H and O–H groups in total. The summed E-state index contributed by atoms with van der Waals surface area (Å²) in [6.45, 7) is 7.01. The van der Waals surface area contributed by atoms with Crippen molar-refractivity contribution in [1.29, 1.82) is 0 Å². The molecule has 0 radical (unpaired) electrons. The monoisotopic (exact) mass is 314 g/mol. The van der Waals surface area contributed by atoms with Crippen molar-refractivity contribution in [3.8, 4) is 0 Å². The zero-order valence-corrected chi connectivity index (χ0v) is 14.1. The summed E-state index contributed by atoms with van der Waals surface area (Å²) in [5.74, 6) is 0.868. The van der Waals surface area contributed by atoms with Crippen LogP contribution in [-0.4, -0.2) is 43.9 Å². The average Bonchev–Trinajstić information content (AvgIpc) is 2.37. The second-order valence-electron chi connectivity index (χ2n) is 5.23. The van der Waals surface area contributed by atoms with Gasteiger partial charge in [0.25, 0.3) is 0 Å². The van der Waals surface area contributed by atoms with E-state index in [1.165, 1.54) is 0 Å². The number of nitrogens with zero attached hydrogens (tertiary/aromatic N) is 1. The molecule has 1 atom stereocenters. The Morgan fingerprint density at radius 2 is 1.90 bits per heavy atom. The van der Waals surface area contributed by atoms with Crippen molar-refractivity contribution < 1.29 is 8.42 Å². The van der Waals surface area contributed by atoms with Crippen LogP contribution in [0.1, 0.15) is 18.1 Å². The summed E-state index contributed by atoms with van der Waals surface area (Å²) in [5.41, 5.74) is 2.56. The molecule has 0 aromatic heterocycles. The molecule has 1 aromatic carbocycles. The first-order chi connectivity index (χ1) is 9.36. The molecular formula is C14H22N2O2S2. The predicted octanol–water partition coefficient (Wildman–Crippen LogP) is 2.47. The highest BCUT2D eigenvalue weighted by molar-refractivity contribution is 8.00. The molecule has 6 heteroatoms. The van der Waals surface area contributed by atoms with Gasteiger partial charge in [-0.15, -0.1) is 0 Å². The van der Waals surface area contributed by atoms with Gasteiger partial charge in [-0.05, 0) is 37.1 Å². The van der Waals surface area contributed by atoms with Crippen LogP contribution < -0.4 is 5.32 Å². The molecule has 0 aliphatic carbocycles. The van der Waals surface area contributed by atoms with E-state index in [0.29, 0.717) is 23.2 Å². The molecule has 1 fully saturated rings. The number of hydrogen-bond donors (Lipinski definition) is 1. The average molecular weight is 314 g/mol. The zero-order chi connectivity index (χ0) is 14.9. The Labute approximate surface area is 126 Å². The fourth-order valence-corrected chi connectivity index (χ4v) is 5.80. The van der Waals surface area contributed by atoms with Crippen LogP contribution in [0.5, 0.6) is 0 Å². The Bertz CT molecular complexity index is 576. The van der Waals surface area contributed by atoms with E-state index in [1.807, 2.05) is 44.8 Å². The molecule has 4 nitrogen and oxygen atoms in total. The van der Waals surface area contributed by atoms with E-state index in [0.717, 1.165) is 22.6 Å². The van der Waals surface area contributed by atoms with Gasteiger partial charge in [-0.3, -0.25) is 0 Å². The zero-order valence-electron chi connectivity index (χ0n) is 12.4. The van der Waals surface area contributed by atoms with Crippen LogP contribution in [0.15, 0.2) is 17.0 Å². The lowest BCUT2D eigenvalue weighted by Crippen LogP contribution is -2.41. The van der Waals surface area contributed by atoms with Crippen molar-refractivity contribution in [2.45, 2.75) is 30.9 Å². The molecule has 1 heterocycles. The van der Waals surface area contributed by atoms with Gasteiger partial charge in [-0.2, -0.15) is 16.1 Å². The maximum absolute atomic E-state index is 12.9. The second-order valence-corrected chi connectivity index (χ2v) is 8.65. The molecule has 1 saturated heterocycles. The van der Waals surface area contributed by atoms with Crippen LogP contribution in [0.3, 0.4) is 0 Å². The van der Waals surface area contributed by atoms with Crippen LogP contribution in [0.2, 0.25) is 0 Å². The van der Waals surface area contributed by atoms with E-state index in [2.05, 4.69) is 12.2 Å². The van der Waals surface area contributed by atoms with E-state index >= 15 is 0 Å². The van der Waals surface area contributed by atoms with Crippen LogP contribution in [0, 0.1) is 13.8 Å². The number of benzene rings is 1. The molecule has 1 aliphatic heterocycles. The number of rotatable bonds is 3. The van der Waals surface area contributed by atoms with Crippen molar-refractivity contribution in [3.63, 3.8) is 0 Å². The Morgan fingerprint density at radius 3 is 2.40 bits per heavy atom. The van der Waals surface area contributed by atoms with Crippen LogP contribution >= 0.6 is 11.8 Å². The van der Waals surface area contributed by atoms with E-state index in [1.54, 1.807) is 4.31 Å². The minimum atomic E-state index is -3.39. The van der Waals surface area contributed by atoms with E-state index in [-0.39, 0.29) is 0 Å². The van der Waals surface area contributed by atoms with E-state index < -0.39 is 10.0 Å². The van der Waals surface area contributed by atoms with Gasteiger partial charge in [-0.25, -0.2) is 8.42 Å². The Kier molecular flexibility index (Phi) is 4.66. The first kappa shape index (κ1) is 15.7.